The van der Waals surface area contributed by atoms with E-state index in [1.165, 1.54) is 4.90 Å². The van der Waals surface area contributed by atoms with Crippen molar-refractivity contribution < 1.29 is 14.7 Å². The summed E-state index contributed by atoms with van der Waals surface area (Å²) in [5.74, 6) is -0.204. The van der Waals surface area contributed by atoms with E-state index in [4.69, 9.17) is 28.3 Å². The lowest BCUT2D eigenvalue weighted by molar-refractivity contribution is -0.123. The molecule has 0 radical (unpaired) electrons. The quantitative estimate of drug-likeness (QED) is 0.857. The largest absolute Gasteiger partial charge is 0.465 e. The number of carbonyl (C=O) groups is 2. The molecule has 2 rings (SSSR count). The third-order valence-corrected chi connectivity index (χ3v) is 4.94. The number of hydrogen-bond donors (Lipinski definition) is 2. The molecule has 7 heteroatoms. The van der Waals surface area contributed by atoms with Gasteiger partial charge in [-0.2, -0.15) is 0 Å². The highest BCUT2D eigenvalue weighted by molar-refractivity contribution is 6.42. The molecule has 1 saturated heterocycles. The molecule has 1 fully saturated rings. The van der Waals surface area contributed by atoms with Crippen LogP contribution in [0.4, 0.5) is 4.79 Å². The zero-order valence-electron chi connectivity index (χ0n) is 13.1. The molecule has 0 saturated carbocycles. The first-order valence-corrected chi connectivity index (χ1v) is 8.23. The second kappa shape index (κ2) is 6.97. The van der Waals surface area contributed by atoms with Gasteiger partial charge in [-0.15, -0.1) is 0 Å². The number of nitrogens with zero attached hydrogens (tertiary/aromatic N) is 1. The molecule has 0 unspecified atom stereocenters. The van der Waals surface area contributed by atoms with Gasteiger partial charge in [0.05, 0.1) is 15.6 Å². The first-order chi connectivity index (χ1) is 10.7. The van der Waals surface area contributed by atoms with E-state index in [2.05, 4.69) is 5.32 Å². The highest BCUT2D eigenvalue weighted by Gasteiger charge is 2.32. The van der Waals surface area contributed by atoms with Crippen molar-refractivity contribution >= 4 is 35.2 Å². The fourth-order valence-corrected chi connectivity index (χ4v) is 3.50. The molecule has 1 heterocycles. The predicted molar refractivity (Wildman–Crippen MR) is 90.0 cm³/mol. The molecule has 1 aliphatic heterocycles. The molecule has 126 valence electrons. The fourth-order valence-electron chi connectivity index (χ4n) is 2.97. The van der Waals surface area contributed by atoms with Crippen LogP contribution in [0.5, 0.6) is 0 Å². The van der Waals surface area contributed by atoms with E-state index in [0.29, 0.717) is 23.0 Å². The molecule has 1 aliphatic rings. The van der Waals surface area contributed by atoms with Crippen molar-refractivity contribution in [1.29, 1.82) is 0 Å². The Kier molecular flexibility index (Phi) is 5.42. The van der Waals surface area contributed by atoms with Crippen molar-refractivity contribution in [2.24, 2.45) is 0 Å². The van der Waals surface area contributed by atoms with E-state index in [1.807, 2.05) is 19.9 Å². The van der Waals surface area contributed by atoms with E-state index >= 15 is 0 Å². The number of nitrogens with one attached hydrogen (secondary N) is 1. The molecule has 5 nitrogen and oxygen atoms in total. The summed E-state index contributed by atoms with van der Waals surface area (Å²) in [5, 5.41) is 12.9. The number of amides is 2. The minimum atomic E-state index is -0.975. The Bertz CT molecular complexity index is 619. The normalized spacial score (nSPS) is 18.1. The smallest absolute Gasteiger partial charge is 0.407 e. The van der Waals surface area contributed by atoms with E-state index in [1.54, 1.807) is 12.1 Å². The summed E-state index contributed by atoms with van der Waals surface area (Å²) in [6, 6.07) is 5.01. The molecule has 0 aromatic heterocycles. The maximum absolute atomic E-state index is 12.3. The third kappa shape index (κ3) is 4.09. The number of rotatable bonds is 4. The van der Waals surface area contributed by atoms with Gasteiger partial charge >= 0.3 is 6.09 Å². The maximum atomic E-state index is 12.3. The molecule has 23 heavy (non-hydrogen) atoms. The zero-order valence-corrected chi connectivity index (χ0v) is 14.6. The fraction of sp³-hybridized carbons (Fsp3) is 0.500. The van der Waals surface area contributed by atoms with E-state index < -0.39 is 11.6 Å². The summed E-state index contributed by atoms with van der Waals surface area (Å²) in [7, 11) is 0. The lowest BCUT2D eigenvalue weighted by atomic mass is 9.93. The summed E-state index contributed by atoms with van der Waals surface area (Å²) in [4.78, 5) is 24.8. The summed E-state index contributed by atoms with van der Waals surface area (Å²) in [6.07, 6.45) is 0.664. The van der Waals surface area contributed by atoms with Crippen LogP contribution in [0.1, 0.15) is 38.7 Å². The second-order valence-electron chi connectivity index (χ2n) is 6.25. The third-order valence-electron chi connectivity index (χ3n) is 4.12. The van der Waals surface area contributed by atoms with E-state index in [9.17, 15) is 9.59 Å². The van der Waals surface area contributed by atoms with Gasteiger partial charge in [0.2, 0.25) is 5.91 Å². The van der Waals surface area contributed by atoms with Gasteiger partial charge in [-0.1, -0.05) is 35.3 Å². The Morgan fingerprint density at radius 1 is 1.39 bits per heavy atom. The van der Waals surface area contributed by atoms with Crippen LogP contribution in [0.2, 0.25) is 10.0 Å². The van der Waals surface area contributed by atoms with Crippen LogP contribution in [0.25, 0.3) is 0 Å². The lowest BCUT2D eigenvalue weighted by Crippen LogP contribution is -2.44. The van der Waals surface area contributed by atoms with Crippen molar-refractivity contribution in [2.45, 2.75) is 44.7 Å². The topological polar surface area (TPSA) is 69.6 Å². The van der Waals surface area contributed by atoms with Gasteiger partial charge in [0.15, 0.2) is 0 Å². The Morgan fingerprint density at radius 2 is 2.09 bits per heavy atom. The number of halogens is 2. The molecule has 1 atom stereocenters. The summed E-state index contributed by atoms with van der Waals surface area (Å²) < 4.78 is 0. The van der Waals surface area contributed by atoms with Crippen LogP contribution in [0, 0.1) is 0 Å². The van der Waals surface area contributed by atoms with Crippen molar-refractivity contribution in [3.63, 3.8) is 0 Å². The highest BCUT2D eigenvalue weighted by atomic mass is 35.5. The zero-order chi connectivity index (χ0) is 17.2. The standard InChI is InChI=1S/C16H20Cl2N2O3/c1-16(2,11-6-3-7-12(17)14(11)18)19-13(21)9-10-5-4-8-20(10)15(22)23/h3,6-7,10H,4-5,8-9H2,1-2H3,(H,19,21)(H,22,23)/t10-/m0/s1. The van der Waals surface area contributed by atoms with Crippen LogP contribution in [0.3, 0.4) is 0 Å². The summed E-state index contributed by atoms with van der Waals surface area (Å²) in [6.45, 7) is 4.16. The number of likely N-dealkylation sites (tertiary alicyclic amines) is 1. The van der Waals surface area contributed by atoms with E-state index in [0.717, 1.165) is 12.0 Å². The number of benzene rings is 1. The Hall–Kier alpha value is -1.46. The molecule has 1 aromatic rings. The molecule has 1 aromatic carbocycles. The van der Waals surface area contributed by atoms with Crippen molar-refractivity contribution in [2.75, 3.05) is 6.54 Å². The molecule has 2 N–H and O–H groups in total. The van der Waals surface area contributed by atoms with Gasteiger partial charge in [-0.3, -0.25) is 4.79 Å². The maximum Gasteiger partial charge on any atom is 0.407 e. The number of carbonyl (C=O) groups excluding carboxylic acids is 1. The minimum Gasteiger partial charge on any atom is -0.465 e. The monoisotopic (exact) mass is 358 g/mol. The van der Waals surface area contributed by atoms with Gasteiger partial charge < -0.3 is 15.3 Å². The predicted octanol–water partition coefficient (Wildman–Crippen LogP) is 3.88. The SMILES string of the molecule is CC(C)(NC(=O)C[C@@H]1CCCN1C(=O)O)c1cccc(Cl)c1Cl. The Morgan fingerprint density at radius 3 is 2.74 bits per heavy atom. The molecular weight excluding hydrogens is 339 g/mol. The van der Waals surface area contributed by atoms with Crippen LogP contribution in [-0.2, 0) is 10.3 Å². The average Bonchev–Trinajstić information content (AvgIpc) is 2.89. The Labute approximate surface area is 145 Å². The summed E-state index contributed by atoms with van der Waals surface area (Å²) >= 11 is 12.3. The van der Waals surface area contributed by atoms with Crippen LogP contribution >= 0.6 is 23.2 Å². The minimum absolute atomic E-state index is 0.147. The molecule has 2 amide bonds. The van der Waals surface area contributed by atoms with Crippen LogP contribution in [0.15, 0.2) is 18.2 Å². The Balaban J connectivity index is 2.07. The number of carboxylic acid groups (broad SMARTS) is 1. The second-order valence-corrected chi connectivity index (χ2v) is 7.04. The van der Waals surface area contributed by atoms with Crippen molar-refractivity contribution in [1.82, 2.24) is 10.2 Å². The molecular formula is C16H20Cl2N2O3. The average molecular weight is 359 g/mol. The van der Waals surface area contributed by atoms with Gasteiger partial charge in [0.25, 0.3) is 0 Å². The summed E-state index contributed by atoms with van der Waals surface area (Å²) in [5.41, 5.74) is 0.0210. The van der Waals surface area contributed by atoms with Gasteiger partial charge in [-0.05, 0) is 38.3 Å². The van der Waals surface area contributed by atoms with Gasteiger partial charge in [-0.25, -0.2) is 4.79 Å². The highest BCUT2D eigenvalue weighted by Crippen LogP contribution is 2.33. The number of hydrogen-bond acceptors (Lipinski definition) is 2. The first kappa shape index (κ1) is 17.9. The lowest BCUT2D eigenvalue weighted by Gasteiger charge is -2.29. The van der Waals surface area contributed by atoms with E-state index in [-0.39, 0.29) is 18.4 Å². The first-order valence-electron chi connectivity index (χ1n) is 7.47. The van der Waals surface area contributed by atoms with Crippen molar-refractivity contribution in [3.05, 3.63) is 33.8 Å². The van der Waals surface area contributed by atoms with Crippen LogP contribution in [-0.4, -0.2) is 34.6 Å². The van der Waals surface area contributed by atoms with Crippen molar-refractivity contribution in [3.8, 4) is 0 Å². The van der Waals surface area contributed by atoms with Gasteiger partial charge in [0, 0.05) is 19.0 Å². The molecule has 0 spiro atoms. The van der Waals surface area contributed by atoms with Gasteiger partial charge in [0.1, 0.15) is 0 Å². The molecule has 0 bridgehead atoms. The van der Waals surface area contributed by atoms with Crippen LogP contribution < -0.4 is 5.32 Å². The molecule has 0 aliphatic carbocycles.